The SMILES string of the molecule is Cc1ccc(S(=O)(O)=S)cc1C(c1ccco1)c1ccco1. The molecule has 0 saturated carbocycles. The summed E-state index contributed by atoms with van der Waals surface area (Å²) >= 11 is 4.68. The van der Waals surface area contributed by atoms with E-state index in [1.165, 1.54) is 0 Å². The molecule has 3 aromatic rings. The molecule has 0 fully saturated rings. The zero-order chi connectivity index (χ0) is 15.7. The van der Waals surface area contributed by atoms with Crippen molar-refractivity contribution in [2.45, 2.75) is 17.7 Å². The van der Waals surface area contributed by atoms with Crippen molar-refractivity contribution in [2.24, 2.45) is 0 Å². The van der Waals surface area contributed by atoms with Gasteiger partial charge >= 0.3 is 0 Å². The van der Waals surface area contributed by atoms with E-state index in [0.29, 0.717) is 11.5 Å². The molecule has 1 unspecified atom stereocenters. The van der Waals surface area contributed by atoms with Crippen LogP contribution in [0.1, 0.15) is 28.6 Å². The summed E-state index contributed by atoms with van der Waals surface area (Å²) in [7, 11) is -3.44. The third-order valence-corrected chi connectivity index (χ3v) is 4.94. The minimum Gasteiger partial charge on any atom is -0.468 e. The summed E-state index contributed by atoms with van der Waals surface area (Å²) in [6.07, 6.45) is 3.18. The number of hydrogen-bond acceptors (Lipinski definition) is 4. The van der Waals surface area contributed by atoms with Crippen LogP contribution in [0.15, 0.2) is 68.7 Å². The monoisotopic (exact) mass is 334 g/mol. The first-order valence-electron chi connectivity index (χ1n) is 6.61. The molecule has 0 aliphatic heterocycles. The van der Waals surface area contributed by atoms with Gasteiger partial charge in [-0.15, -0.1) is 0 Å². The van der Waals surface area contributed by atoms with Crippen LogP contribution in [0.4, 0.5) is 0 Å². The molecule has 1 aromatic carbocycles. The lowest BCUT2D eigenvalue weighted by molar-refractivity contribution is 0.448. The van der Waals surface area contributed by atoms with Crippen LogP contribution in [0.25, 0.3) is 0 Å². The first-order valence-corrected chi connectivity index (χ1v) is 9.05. The Balaban J connectivity index is 2.21. The molecule has 0 saturated heterocycles. The number of aryl methyl sites for hydroxylation is 1. The van der Waals surface area contributed by atoms with Crippen LogP contribution in [0.2, 0.25) is 0 Å². The molecule has 1 atom stereocenters. The second-order valence-electron chi connectivity index (χ2n) is 4.96. The van der Waals surface area contributed by atoms with E-state index in [-0.39, 0.29) is 10.8 Å². The van der Waals surface area contributed by atoms with Crippen molar-refractivity contribution in [3.8, 4) is 0 Å². The van der Waals surface area contributed by atoms with Gasteiger partial charge in [0, 0.05) is 11.2 Å². The summed E-state index contributed by atoms with van der Waals surface area (Å²) in [6, 6.07) is 12.3. The summed E-state index contributed by atoms with van der Waals surface area (Å²) in [5.41, 5.74) is 1.79. The van der Waals surface area contributed by atoms with Gasteiger partial charge in [-0.3, -0.25) is 0 Å². The van der Waals surface area contributed by atoms with E-state index >= 15 is 0 Å². The fraction of sp³-hybridized carbons (Fsp3) is 0.125. The topological polar surface area (TPSA) is 63.6 Å². The van der Waals surface area contributed by atoms with E-state index in [4.69, 9.17) is 8.83 Å². The van der Waals surface area contributed by atoms with E-state index in [0.717, 1.165) is 11.1 Å². The van der Waals surface area contributed by atoms with E-state index in [1.54, 1.807) is 42.9 Å². The Labute approximate surface area is 133 Å². The molecule has 0 spiro atoms. The highest BCUT2D eigenvalue weighted by Crippen LogP contribution is 2.35. The van der Waals surface area contributed by atoms with Crippen molar-refractivity contribution >= 4 is 20.0 Å². The highest BCUT2D eigenvalue weighted by atomic mass is 32.8. The fourth-order valence-corrected chi connectivity index (χ4v) is 3.27. The molecule has 2 aromatic heterocycles. The third kappa shape index (κ3) is 2.85. The summed E-state index contributed by atoms with van der Waals surface area (Å²) in [4.78, 5) is 0.214. The Kier molecular flexibility index (Phi) is 3.90. The number of rotatable bonds is 4. The molecule has 0 aliphatic rings. The summed E-state index contributed by atoms with van der Waals surface area (Å²) in [5.74, 6) is 1.11. The fourth-order valence-electron chi connectivity index (χ4n) is 2.45. The van der Waals surface area contributed by atoms with Crippen LogP contribution in [0.5, 0.6) is 0 Å². The zero-order valence-electron chi connectivity index (χ0n) is 11.8. The minimum absolute atomic E-state index is 0.214. The second kappa shape index (κ2) is 5.72. The van der Waals surface area contributed by atoms with Gasteiger partial charge in [-0.25, -0.2) is 4.21 Å². The van der Waals surface area contributed by atoms with Gasteiger partial charge in [-0.05, 0) is 54.4 Å². The van der Waals surface area contributed by atoms with Crippen LogP contribution >= 0.6 is 0 Å². The largest absolute Gasteiger partial charge is 0.468 e. The van der Waals surface area contributed by atoms with E-state index in [9.17, 15) is 8.76 Å². The maximum Gasteiger partial charge on any atom is 0.171 e. The van der Waals surface area contributed by atoms with Crippen LogP contribution < -0.4 is 0 Å². The quantitative estimate of drug-likeness (QED) is 0.783. The first-order chi connectivity index (χ1) is 10.5. The maximum absolute atomic E-state index is 11.8. The van der Waals surface area contributed by atoms with Gasteiger partial charge in [0.1, 0.15) is 17.4 Å². The summed E-state index contributed by atoms with van der Waals surface area (Å²) in [5, 5.41) is 0. The molecular weight excluding hydrogens is 320 g/mol. The van der Waals surface area contributed by atoms with Gasteiger partial charge in [0.05, 0.1) is 17.4 Å². The predicted molar refractivity (Wildman–Crippen MR) is 85.9 cm³/mol. The molecule has 114 valence electrons. The Bertz CT molecular complexity index is 829. The average molecular weight is 334 g/mol. The Morgan fingerprint density at radius 2 is 1.68 bits per heavy atom. The van der Waals surface area contributed by atoms with Crippen LogP contribution in [-0.4, -0.2) is 8.76 Å². The Morgan fingerprint density at radius 1 is 1.09 bits per heavy atom. The van der Waals surface area contributed by atoms with Crippen molar-refractivity contribution in [3.63, 3.8) is 0 Å². The van der Waals surface area contributed by atoms with Crippen molar-refractivity contribution in [3.05, 3.63) is 77.6 Å². The molecule has 0 amide bonds. The van der Waals surface area contributed by atoms with Crippen LogP contribution in [-0.2, 0) is 20.0 Å². The number of furan rings is 2. The van der Waals surface area contributed by atoms with Crippen molar-refractivity contribution in [2.75, 3.05) is 0 Å². The lowest BCUT2D eigenvalue weighted by atomic mass is 9.90. The minimum atomic E-state index is -3.44. The standard InChI is InChI=1S/C16H14O4S2/c1-11-6-7-12(22(17,18)21)10-13(11)16(14-4-2-8-19-14)15-5-3-9-20-15/h2-10,16H,1H3,(H,17,18,21). The Hall–Kier alpha value is -1.89. The second-order valence-corrected chi connectivity index (χ2v) is 7.73. The van der Waals surface area contributed by atoms with Gasteiger partial charge in [0.2, 0.25) is 0 Å². The zero-order valence-corrected chi connectivity index (χ0v) is 13.4. The molecule has 0 radical (unpaired) electrons. The highest BCUT2D eigenvalue weighted by Gasteiger charge is 2.24. The third-order valence-electron chi connectivity index (χ3n) is 3.51. The lowest BCUT2D eigenvalue weighted by Gasteiger charge is -2.16. The Morgan fingerprint density at radius 3 is 2.14 bits per heavy atom. The average Bonchev–Trinajstić information content (AvgIpc) is 3.13. The van der Waals surface area contributed by atoms with Crippen molar-refractivity contribution < 1.29 is 17.6 Å². The molecule has 22 heavy (non-hydrogen) atoms. The van der Waals surface area contributed by atoms with E-state index in [1.807, 2.05) is 19.1 Å². The molecular formula is C16H14O4S2. The van der Waals surface area contributed by atoms with E-state index < -0.39 is 8.77 Å². The maximum atomic E-state index is 11.8. The van der Waals surface area contributed by atoms with Gasteiger partial charge in [0.15, 0.2) is 8.77 Å². The first kappa shape index (κ1) is 15.0. The lowest BCUT2D eigenvalue weighted by Crippen LogP contribution is -2.06. The number of benzene rings is 1. The molecule has 2 heterocycles. The highest BCUT2D eigenvalue weighted by molar-refractivity contribution is 8.29. The van der Waals surface area contributed by atoms with Gasteiger partial charge in [0.25, 0.3) is 0 Å². The van der Waals surface area contributed by atoms with Gasteiger partial charge < -0.3 is 13.4 Å². The van der Waals surface area contributed by atoms with Crippen molar-refractivity contribution in [1.82, 2.24) is 0 Å². The smallest absolute Gasteiger partial charge is 0.171 e. The normalized spacial score (nSPS) is 14.1. The van der Waals surface area contributed by atoms with Crippen LogP contribution in [0, 0.1) is 6.92 Å². The predicted octanol–water partition coefficient (Wildman–Crippen LogP) is 3.94. The molecule has 0 aliphatic carbocycles. The molecule has 1 N–H and O–H groups in total. The van der Waals surface area contributed by atoms with Crippen molar-refractivity contribution in [1.29, 1.82) is 0 Å². The summed E-state index contributed by atoms with van der Waals surface area (Å²) < 4.78 is 32.5. The van der Waals surface area contributed by atoms with Crippen LogP contribution in [0.3, 0.4) is 0 Å². The molecule has 4 nitrogen and oxygen atoms in total. The molecule has 3 rings (SSSR count). The number of hydrogen-bond donors (Lipinski definition) is 1. The van der Waals surface area contributed by atoms with Gasteiger partial charge in [-0.1, -0.05) is 6.07 Å². The summed E-state index contributed by atoms with van der Waals surface area (Å²) in [6.45, 7) is 1.93. The molecule has 6 heteroatoms. The van der Waals surface area contributed by atoms with Gasteiger partial charge in [-0.2, -0.15) is 0 Å². The van der Waals surface area contributed by atoms with E-state index in [2.05, 4.69) is 11.2 Å². The molecule has 0 bridgehead atoms.